The lowest BCUT2D eigenvalue weighted by molar-refractivity contribution is -0.120. The third-order valence-electron chi connectivity index (χ3n) is 4.09. The second kappa shape index (κ2) is 7.61. The molecule has 0 spiro atoms. The lowest BCUT2D eigenvalue weighted by Gasteiger charge is -2.22. The zero-order chi connectivity index (χ0) is 16.1. The van der Waals surface area contributed by atoms with Crippen molar-refractivity contribution in [2.24, 2.45) is 0 Å². The summed E-state index contributed by atoms with van der Waals surface area (Å²) in [5.41, 5.74) is 0.772. The summed E-state index contributed by atoms with van der Waals surface area (Å²) >= 11 is 1.47. The molecule has 23 heavy (non-hydrogen) atoms. The second-order valence-corrected chi connectivity index (χ2v) is 6.48. The maximum absolute atomic E-state index is 12.1. The molecule has 0 aliphatic carbocycles. The van der Waals surface area contributed by atoms with Gasteiger partial charge < -0.3 is 5.32 Å². The van der Waals surface area contributed by atoms with E-state index in [4.69, 9.17) is 0 Å². The summed E-state index contributed by atoms with van der Waals surface area (Å²) in [6, 6.07) is 2.25. The van der Waals surface area contributed by atoms with Crippen LogP contribution in [0, 0.1) is 0 Å². The van der Waals surface area contributed by atoms with Gasteiger partial charge in [-0.3, -0.25) is 9.69 Å². The molecule has 1 N–H and O–H groups in total. The molecule has 7 heteroatoms. The van der Waals surface area contributed by atoms with Gasteiger partial charge in [-0.25, -0.2) is 15.0 Å². The Balaban J connectivity index is 1.51. The zero-order valence-electron chi connectivity index (χ0n) is 13.2. The summed E-state index contributed by atoms with van der Waals surface area (Å²) < 4.78 is 0. The number of rotatable bonds is 6. The van der Waals surface area contributed by atoms with Crippen molar-refractivity contribution in [2.75, 3.05) is 19.6 Å². The minimum Gasteiger partial charge on any atom is -0.354 e. The number of thiazole rings is 1. The molecule has 1 amide bonds. The first-order valence-electron chi connectivity index (χ1n) is 7.99. The van der Waals surface area contributed by atoms with Crippen LogP contribution in [-0.2, 0) is 11.2 Å². The smallest absolute Gasteiger partial charge is 0.226 e. The number of hydrogen-bond donors (Lipinski definition) is 1. The average molecular weight is 331 g/mol. The molecular weight excluding hydrogens is 310 g/mol. The van der Waals surface area contributed by atoms with E-state index in [1.54, 1.807) is 18.5 Å². The molecule has 0 bridgehead atoms. The van der Waals surface area contributed by atoms with E-state index in [0.29, 0.717) is 18.3 Å². The van der Waals surface area contributed by atoms with E-state index in [9.17, 15) is 4.79 Å². The molecule has 122 valence electrons. The molecule has 6 nitrogen and oxygen atoms in total. The van der Waals surface area contributed by atoms with Crippen LogP contribution >= 0.6 is 11.3 Å². The first kappa shape index (κ1) is 16.0. The van der Waals surface area contributed by atoms with Crippen molar-refractivity contribution in [1.29, 1.82) is 0 Å². The lowest BCUT2D eigenvalue weighted by Crippen LogP contribution is -2.40. The van der Waals surface area contributed by atoms with Crippen molar-refractivity contribution in [3.05, 3.63) is 29.5 Å². The summed E-state index contributed by atoms with van der Waals surface area (Å²) in [7, 11) is 0. The van der Waals surface area contributed by atoms with Crippen molar-refractivity contribution in [1.82, 2.24) is 25.2 Å². The lowest BCUT2D eigenvalue weighted by atomic mass is 10.2. The first-order chi connectivity index (χ1) is 11.3. The van der Waals surface area contributed by atoms with Gasteiger partial charge in [-0.05, 0) is 32.0 Å². The van der Waals surface area contributed by atoms with Crippen LogP contribution in [0.25, 0.3) is 10.8 Å². The van der Waals surface area contributed by atoms with Crippen LogP contribution < -0.4 is 5.32 Å². The number of hydrogen-bond acceptors (Lipinski definition) is 6. The predicted octanol–water partition coefficient (Wildman–Crippen LogP) is 1.74. The van der Waals surface area contributed by atoms with Crippen LogP contribution in [0.5, 0.6) is 0 Å². The molecule has 0 saturated carbocycles. The Kier molecular flexibility index (Phi) is 5.30. The SMILES string of the molecule is CCN1CCC[C@@H]1CNC(=O)Cc1csc(-c2ncccn2)n1. The molecule has 1 fully saturated rings. The fourth-order valence-corrected chi connectivity index (χ4v) is 3.67. The van der Waals surface area contributed by atoms with Crippen LogP contribution in [0.4, 0.5) is 0 Å². The van der Waals surface area contributed by atoms with Gasteiger partial charge in [-0.1, -0.05) is 6.92 Å². The summed E-state index contributed by atoms with van der Waals surface area (Å²) in [6.07, 6.45) is 6.08. The van der Waals surface area contributed by atoms with E-state index in [-0.39, 0.29) is 5.91 Å². The Morgan fingerprint density at radius 1 is 1.43 bits per heavy atom. The summed E-state index contributed by atoms with van der Waals surface area (Å²) in [6.45, 7) is 5.09. The molecule has 3 rings (SSSR count). The maximum Gasteiger partial charge on any atom is 0.226 e. The third kappa shape index (κ3) is 4.11. The fraction of sp³-hybridized carbons (Fsp3) is 0.500. The van der Waals surface area contributed by atoms with Gasteiger partial charge in [0.25, 0.3) is 0 Å². The largest absolute Gasteiger partial charge is 0.354 e. The fourth-order valence-electron chi connectivity index (χ4n) is 2.90. The Morgan fingerprint density at radius 2 is 2.26 bits per heavy atom. The minimum atomic E-state index is 0.0267. The number of carbonyl (C=O) groups is 1. The van der Waals surface area contributed by atoms with E-state index >= 15 is 0 Å². The van der Waals surface area contributed by atoms with Crippen molar-refractivity contribution >= 4 is 17.2 Å². The third-order valence-corrected chi connectivity index (χ3v) is 4.98. The molecule has 1 aliphatic heterocycles. The van der Waals surface area contributed by atoms with Gasteiger partial charge in [0.15, 0.2) is 10.8 Å². The van der Waals surface area contributed by atoms with Gasteiger partial charge in [0.2, 0.25) is 5.91 Å². The van der Waals surface area contributed by atoms with Gasteiger partial charge in [0, 0.05) is 30.4 Å². The highest BCUT2D eigenvalue weighted by Crippen LogP contribution is 2.20. The van der Waals surface area contributed by atoms with E-state index in [1.165, 1.54) is 24.2 Å². The molecule has 1 atom stereocenters. The van der Waals surface area contributed by atoms with Crippen LogP contribution in [-0.4, -0.2) is 51.4 Å². The molecule has 0 aromatic carbocycles. The number of likely N-dealkylation sites (N-methyl/N-ethyl adjacent to an activating group) is 1. The number of nitrogens with zero attached hydrogens (tertiary/aromatic N) is 4. The molecule has 1 aliphatic rings. The number of carbonyl (C=O) groups excluding carboxylic acids is 1. The Labute approximate surface area is 140 Å². The van der Waals surface area contributed by atoms with Gasteiger partial charge in [-0.2, -0.15) is 0 Å². The highest BCUT2D eigenvalue weighted by Gasteiger charge is 2.23. The number of likely N-dealkylation sites (tertiary alicyclic amines) is 1. The van der Waals surface area contributed by atoms with Crippen LogP contribution in [0.2, 0.25) is 0 Å². The highest BCUT2D eigenvalue weighted by atomic mass is 32.1. The molecule has 2 aromatic rings. The number of nitrogens with one attached hydrogen (secondary N) is 1. The van der Waals surface area contributed by atoms with Crippen molar-refractivity contribution < 1.29 is 4.79 Å². The first-order valence-corrected chi connectivity index (χ1v) is 8.86. The van der Waals surface area contributed by atoms with Crippen molar-refractivity contribution in [3.8, 4) is 10.8 Å². The van der Waals surface area contributed by atoms with Gasteiger partial charge >= 0.3 is 0 Å². The summed E-state index contributed by atoms with van der Waals surface area (Å²) in [5.74, 6) is 0.632. The minimum absolute atomic E-state index is 0.0267. The molecule has 3 heterocycles. The molecule has 0 radical (unpaired) electrons. The van der Waals surface area contributed by atoms with Gasteiger partial charge in [-0.15, -0.1) is 11.3 Å². The number of amides is 1. The van der Waals surface area contributed by atoms with Crippen LogP contribution in [0.1, 0.15) is 25.5 Å². The van der Waals surface area contributed by atoms with Gasteiger partial charge in [0.1, 0.15) is 0 Å². The normalized spacial score (nSPS) is 18.2. The topological polar surface area (TPSA) is 71.0 Å². The Bertz CT molecular complexity index is 645. The maximum atomic E-state index is 12.1. The van der Waals surface area contributed by atoms with Crippen LogP contribution in [0.15, 0.2) is 23.8 Å². The second-order valence-electron chi connectivity index (χ2n) is 5.62. The monoisotopic (exact) mass is 331 g/mol. The highest BCUT2D eigenvalue weighted by molar-refractivity contribution is 7.13. The van der Waals surface area contributed by atoms with E-state index in [2.05, 4.69) is 32.1 Å². The average Bonchev–Trinajstić information content (AvgIpc) is 3.22. The van der Waals surface area contributed by atoms with Crippen LogP contribution in [0.3, 0.4) is 0 Å². The predicted molar refractivity (Wildman–Crippen MR) is 90.1 cm³/mol. The van der Waals surface area contributed by atoms with E-state index in [0.717, 1.165) is 30.3 Å². The quantitative estimate of drug-likeness (QED) is 0.873. The molecule has 0 unspecified atom stereocenters. The van der Waals surface area contributed by atoms with E-state index < -0.39 is 0 Å². The molecule has 1 saturated heterocycles. The number of aromatic nitrogens is 3. The standard InChI is InChI=1S/C16H21N5OS/c1-2-21-8-3-5-13(21)10-19-14(22)9-12-11-23-16(20-12)15-17-6-4-7-18-15/h4,6-7,11,13H,2-3,5,8-10H2,1H3,(H,19,22)/t13-/m1/s1. The summed E-state index contributed by atoms with van der Waals surface area (Å²) in [4.78, 5) is 27.3. The Morgan fingerprint density at radius 3 is 3.04 bits per heavy atom. The Hall–Kier alpha value is -1.86. The molecule has 2 aromatic heterocycles. The van der Waals surface area contributed by atoms with Crippen molar-refractivity contribution in [3.63, 3.8) is 0 Å². The van der Waals surface area contributed by atoms with Gasteiger partial charge in [0.05, 0.1) is 12.1 Å². The zero-order valence-corrected chi connectivity index (χ0v) is 14.1. The molecular formula is C16H21N5OS. The van der Waals surface area contributed by atoms with Crippen molar-refractivity contribution in [2.45, 2.75) is 32.2 Å². The van der Waals surface area contributed by atoms with E-state index in [1.807, 2.05) is 5.38 Å². The summed E-state index contributed by atoms with van der Waals surface area (Å²) in [5, 5.41) is 5.69.